The van der Waals surface area contributed by atoms with Gasteiger partial charge in [0.15, 0.2) is 0 Å². The molecule has 1 fully saturated rings. The van der Waals surface area contributed by atoms with E-state index in [0.29, 0.717) is 0 Å². The Balaban J connectivity index is 1.74. The zero-order valence-electron chi connectivity index (χ0n) is 13.4. The van der Waals surface area contributed by atoms with Gasteiger partial charge in [0.25, 0.3) is 0 Å². The number of amides is 1. The Morgan fingerprint density at radius 2 is 2.09 bits per heavy atom. The van der Waals surface area contributed by atoms with Crippen LogP contribution in [0.4, 0.5) is 0 Å². The second kappa shape index (κ2) is 7.27. The van der Waals surface area contributed by atoms with Crippen molar-refractivity contribution in [3.63, 3.8) is 0 Å². The molecule has 1 saturated heterocycles. The molecule has 0 N–H and O–H groups in total. The molecule has 4 heteroatoms. The van der Waals surface area contributed by atoms with Crippen LogP contribution in [-0.2, 0) is 11.2 Å². The first kappa shape index (κ1) is 15.5. The summed E-state index contributed by atoms with van der Waals surface area (Å²) < 4.78 is 6.17. The summed E-state index contributed by atoms with van der Waals surface area (Å²) in [5.74, 6) is 1.23. The minimum Gasteiger partial charge on any atom is -0.488 e. The Labute approximate surface area is 137 Å². The van der Waals surface area contributed by atoms with E-state index >= 15 is 0 Å². The van der Waals surface area contributed by atoms with Gasteiger partial charge in [-0.25, -0.2) is 0 Å². The third-order valence-corrected chi connectivity index (χ3v) is 4.37. The quantitative estimate of drug-likeness (QED) is 0.872. The normalized spacial score (nSPS) is 21.0. The van der Waals surface area contributed by atoms with Crippen LogP contribution in [0.3, 0.4) is 0 Å². The number of carbonyl (C=O) groups is 1. The third-order valence-electron chi connectivity index (χ3n) is 4.37. The van der Waals surface area contributed by atoms with Gasteiger partial charge in [0.1, 0.15) is 11.9 Å². The molecule has 2 atom stereocenters. The zero-order valence-corrected chi connectivity index (χ0v) is 13.4. The van der Waals surface area contributed by atoms with E-state index in [4.69, 9.17) is 4.74 Å². The lowest BCUT2D eigenvalue weighted by Crippen LogP contribution is -2.48. The van der Waals surface area contributed by atoms with Gasteiger partial charge >= 0.3 is 0 Å². The average molecular weight is 310 g/mol. The van der Waals surface area contributed by atoms with Crippen molar-refractivity contribution in [2.45, 2.75) is 25.9 Å². The first-order valence-electron chi connectivity index (χ1n) is 8.08. The molecule has 1 aliphatic rings. The van der Waals surface area contributed by atoms with E-state index in [9.17, 15) is 4.79 Å². The zero-order chi connectivity index (χ0) is 16.1. The highest BCUT2D eigenvalue weighted by atomic mass is 16.5. The summed E-state index contributed by atoms with van der Waals surface area (Å²) in [6, 6.07) is 14.2. The summed E-state index contributed by atoms with van der Waals surface area (Å²) in [5, 5.41) is 0. The van der Waals surface area contributed by atoms with E-state index in [1.807, 2.05) is 23.1 Å². The number of piperidine rings is 1. The Morgan fingerprint density at radius 3 is 2.78 bits per heavy atom. The standard InChI is InChI=1S/C19H22N2O2/c1-15(22)21-11-9-19(23-18-8-5-10-20-13-18)17(14-21)12-16-6-3-2-4-7-16/h2-8,10,13,17,19H,9,11-12,14H2,1H3/t17-,19-/m1/s1. The van der Waals surface area contributed by atoms with Gasteiger partial charge in [-0.15, -0.1) is 0 Å². The summed E-state index contributed by atoms with van der Waals surface area (Å²) in [7, 11) is 0. The molecular weight excluding hydrogens is 288 g/mol. The van der Waals surface area contributed by atoms with Gasteiger partial charge in [0, 0.05) is 38.5 Å². The van der Waals surface area contributed by atoms with Crippen molar-refractivity contribution in [2.75, 3.05) is 13.1 Å². The number of pyridine rings is 1. The minimum atomic E-state index is 0.106. The van der Waals surface area contributed by atoms with Crippen molar-refractivity contribution in [2.24, 2.45) is 5.92 Å². The predicted molar refractivity (Wildman–Crippen MR) is 89.2 cm³/mol. The van der Waals surface area contributed by atoms with Crippen LogP contribution >= 0.6 is 0 Å². The summed E-state index contributed by atoms with van der Waals surface area (Å²) in [4.78, 5) is 17.8. The molecule has 2 heterocycles. The van der Waals surface area contributed by atoms with E-state index in [-0.39, 0.29) is 17.9 Å². The Bertz CT molecular complexity index is 630. The van der Waals surface area contributed by atoms with Crippen LogP contribution in [-0.4, -0.2) is 35.0 Å². The third kappa shape index (κ3) is 4.09. The highest BCUT2D eigenvalue weighted by Gasteiger charge is 2.32. The van der Waals surface area contributed by atoms with Crippen LogP contribution < -0.4 is 4.74 Å². The number of ether oxygens (including phenoxy) is 1. The van der Waals surface area contributed by atoms with Gasteiger partial charge in [-0.1, -0.05) is 30.3 Å². The largest absolute Gasteiger partial charge is 0.488 e. The Morgan fingerprint density at radius 1 is 1.26 bits per heavy atom. The fourth-order valence-corrected chi connectivity index (χ4v) is 3.16. The van der Waals surface area contributed by atoms with Crippen LogP contribution in [0.25, 0.3) is 0 Å². The molecule has 1 aromatic carbocycles. The van der Waals surface area contributed by atoms with Crippen LogP contribution in [0.1, 0.15) is 18.9 Å². The minimum absolute atomic E-state index is 0.106. The SMILES string of the molecule is CC(=O)N1CC[C@@H](Oc2cccnc2)[C@H](Cc2ccccc2)C1. The van der Waals surface area contributed by atoms with E-state index in [1.54, 1.807) is 19.3 Å². The molecule has 23 heavy (non-hydrogen) atoms. The molecule has 4 nitrogen and oxygen atoms in total. The number of carbonyl (C=O) groups excluding carboxylic acids is 1. The van der Waals surface area contributed by atoms with Crippen LogP contribution in [0.15, 0.2) is 54.9 Å². The molecule has 1 amide bonds. The summed E-state index contributed by atoms with van der Waals surface area (Å²) in [6.07, 6.45) is 5.36. The number of likely N-dealkylation sites (tertiary alicyclic amines) is 1. The van der Waals surface area contributed by atoms with Gasteiger partial charge in [0.2, 0.25) is 5.91 Å². The van der Waals surface area contributed by atoms with Crippen molar-refractivity contribution < 1.29 is 9.53 Å². The summed E-state index contributed by atoms with van der Waals surface area (Å²) in [6.45, 7) is 3.14. The van der Waals surface area contributed by atoms with E-state index in [0.717, 1.165) is 31.7 Å². The lowest BCUT2D eigenvalue weighted by molar-refractivity contribution is -0.132. The maximum Gasteiger partial charge on any atom is 0.219 e. The van der Waals surface area contributed by atoms with Crippen molar-refractivity contribution in [1.82, 2.24) is 9.88 Å². The lowest BCUT2D eigenvalue weighted by atomic mass is 9.88. The number of aromatic nitrogens is 1. The first-order chi connectivity index (χ1) is 11.2. The highest BCUT2D eigenvalue weighted by molar-refractivity contribution is 5.73. The van der Waals surface area contributed by atoms with Crippen molar-refractivity contribution in [3.05, 3.63) is 60.4 Å². The Kier molecular flexibility index (Phi) is 4.91. The second-order valence-corrected chi connectivity index (χ2v) is 6.05. The number of benzene rings is 1. The van der Waals surface area contributed by atoms with E-state index in [2.05, 4.69) is 29.2 Å². The molecule has 1 aromatic heterocycles. The molecular formula is C19H22N2O2. The molecule has 0 unspecified atom stereocenters. The van der Waals surface area contributed by atoms with Crippen molar-refractivity contribution in [3.8, 4) is 5.75 Å². The van der Waals surface area contributed by atoms with Gasteiger partial charge in [0.05, 0.1) is 6.20 Å². The summed E-state index contributed by atoms with van der Waals surface area (Å²) in [5.41, 5.74) is 1.28. The fourth-order valence-electron chi connectivity index (χ4n) is 3.16. The van der Waals surface area contributed by atoms with Crippen LogP contribution in [0, 0.1) is 5.92 Å². The topological polar surface area (TPSA) is 42.4 Å². The van der Waals surface area contributed by atoms with E-state index < -0.39 is 0 Å². The second-order valence-electron chi connectivity index (χ2n) is 6.05. The molecule has 2 aromatic rings. The molecule has 0 bridgehead atoms. The summed E-state index contributed by atoms with van der Waals surface area (Å²) >= 11 is 0. The maximum absolute atomic E-state index is 11.7. The average Bonchev–Trinajstić information content (AvgIpc) is 2.58. The molecule has 0 spiro atoms. The molecule has 120 valence electrons. The van der Waals surface area contributed by atoms with Gasteiger partial charge in [-0.2, -0.15) is 0 Å². The number of hydrogen-bond donors (Lipinski definition) is 0. The van der Waals surface area contributed by atoms with Crippen molar-refractivity contribution >= 4 is 5.91 Å². The molecule has 0 aliphatic carbocycles. The Hall–Kier alpha value is -2.36. The molecule has 0 saturated carbocycles. The smallest absolute Gasteiger partial charge is 0.219 e. The van der Waals surface area contributed by atoms with Crippen molar-refractivity contribution in [1.29, 1.82) is 0 Å². The molecule has 1 aliphatic heterocycles. The number of nitrogens with zero attached hydrogens (tertiary/aromatic N) is 2. The van der Waals surface area contributed by atoms with Gasteiger partial charge in [-0.05, 0) is 24.1 Å². The van der Waals surface area contributed by atoms with Crippen LogP contribution in [0.2, 0.25) is 0 Å². The first-order valence-corrected chi connectivity index (χ1v) is 8.08. The fraction of sp³-hybridized carbons (Fsp3) is 0.368. The monoisotopic (exact) mass is 310 g/mol. The number of rotatable bonds is 4. The number of hydrogen-bond acceptors (Lipinski definition) is 3. The molecule has 3 rings (SSSR count). The predicted octanol–water partition coefficient (Wildman–Crippen LogP) is 2.94. The molecule has 0 radical (unpaired) electrons. The van der Waals surface area contributed by atoms with Gasteiger partial charge in [-0.3, -0.25) is 9.78 Å². The maximum atomic E-state index is 11.7. The van der Waals surface area contributed by atoms with E-state index in [1.165, 1.54) is 5.56 Å². The lowest BCUT2D eigenvalue weighted by Gasteiger charge is -2.38. The van der Waals surface area contributed by atoms with Crippen LogP contribution in [0.5, 0.6) is 5.75 Å². The highest BCUT2D eigenvalue weighted by Crippen LogP contribution is 2.26. The van der Waals surface area contributed by atoms with Gasteiger partial charge < -0.3 is 9.64 Å².